The van der Waals surface area contributed by atoms with Crippen LogP contribution in [-0.2, 0) is 0 Å². The molecule has 0 bridgehead atoms. The number of rotatable bonds is 8. The lowest BCUT2D eigenvalue weighted by Gasteiger charge is -2.13. The molecule has 0 radical (unpaired) electrons. The minimum atomic E-state index is -0.484. The van der Waals surface area contributed by atoms with E-state index in [1.807, 2.05) is 6.92 Å². The van der Waals surface area contributed by atoms with Gasteiger partial charge in [0.05, 0.1) is 40.3 Å². The van der Waals surface area contributed by atoms with Gasteiger partial charge in [0.1, 0.15) is 11.7 Å². The zero-order valence-corrected chi connectivity index (χ0v) is 18.1. The molecule has 162 valence electrons. The molecule has 3 N–H and O–H groups in total. The summed E-state index contributed by atoms with van der Waals surface area (Å²) in [6.07, 6.45) is 6.52. The van der Waals surface area contributed by atoms with E-state index in [4.69, 9.17) is 27.9 Å². The van der Waals surface area contributed by atoms with Crippen molar-refractivity contribution >= 4 is 46.4 Å². The molecule has 1 aliphatic rings. The highest BCUT2D eigenvalue weighted by atomic mass is 35.5. The van der Waals surface area contributed by atoms with E-state index in [9.17, 15) is 9.90 Å². The van der Waals surface area contributed by atoms with Gasteiger partial charge in [0.15, 0.2) is 0 Å². The zero-order chi connectivity index (χ0) is 22.0. The molecule has 4 rings (SSSR count). The molecule has 11 heteroatoms. The first-order valence-electron chi connectivity index (χ1n) is 9.65. The maximum atomic E-state index is 12.9. The number of amides is 1. The smallest absolute Gasteiger partial charge is 0.262 e. The van der Waals surface area contributed by atoms with Gasteiger partial charge in [-0.2, -0.15) is 10.1 Å². The minimum Gasteiger partial charge on any atom is -0.474 e. The van der Waals surface area contributed by atoms with E-state index in [0.717, 1.165) is 12.8 Å². The summed E-state index contributed by atoms with van der Waals surface area (Å²) in [5.74, 6) is -0.0715. The molecule has 2 heterocycles. The Bertz CT molecular complexity index is 1080. The molecule has 2 aromatic heterocycles. The van der Waals surface area contributed by atoms with E-state index < -0.39 is 5.91 Å². The predicted octanol–water partition coefficient (Wildman–Crippen LogP) is 4.07. The number of nitrogens with one attached hydrogen (secondary N) is 2. The fraction of sp³-hybridized carbons (Fsp3) is 0.300. The second-order valence-corrected chi connectivity index (χ2v) is 7.96. The number of para-hydroxylation sites is 1. The Hall–Kier alpha value is -2.88. The van der Waals surface area contributed by atoms with Crippen LogP contribution in [0.25, 0.3) is 0 Å². The third-order valence-corrected chi connectivity index (χ3v) is 5.21. The Labute approximate surface area is 188 Å². The van der Waals surface area contributed by atoms with E-state index in [1.165, 1.54) is 6.20 Å². The quantitative estimate of drug-likeness (QED) is 0.462. The van der Waals surface area contributed by atoms with Gasteiger partial charge < -0.3 is 20.5 Å². The lowest BCUT2D eigenvalue weighted by Crippen LogP contribution is -2.16. The van der Waals surface area contributed by atoms with Gasteiger partial charge in [-0.15, -0.1) is 0 Å². The summed E-state index contributed by atoms with van der Waals surface area (Å²) in [7, 11) is 0. The van der Waals surface area contributed by atoms with Crippen molar-refractivity contribution in [2.75, 3.05) is 17.2 Å². The van der Waals surface area contributed by atoms with Crippen LogP contribution in [0.1, 0.15) is 36.2 Å². The molecule has 1 saturated carbocycles. The SMILES string of the molecule is CC(CO)n1cc(Nc2ncc(C(=O)Nc3c(Cl)cccc3Cl)c(OC3CC3)n2)cn1. The Balaban J connectivity index is 1.57. The topological polar surface area (TPSA) is 114 Å². The van der Waals surface area contributed by atoms with Gasteiger partial charge in [-0.3, -0.25) is 9.48 Å². The van der Waals surface area contributed by atoms with Crippen LogP contribution >= 0.6 is 23.2 Å². The average molecular weight is 463 g/mol. The average Bonchev–Trinajstić information content (AvgIpc) is 3.45. The molecule has 1 atom stereocenters. The van der Waals surface area contributed by atoms with Gasteiger partial charge in [0, 0.05) is 12.4 Å². The van der Waals surface area contributed by atoms with Crippen molar-refractivity contribution in [3.63, 3.8) is 0 Å². The number of nitrogens with zero attached hydrogens (tertiary/aromatic N) is 4. The molecule has 9 nitrogen and oxygen atoms in total. The standard InChI is InChI=1S/C20H20Cl2N6O3/c1-11(10-29)28-9-12(7-24-28)25-20-23-8-14(19(27-20)31-13-5-6-13)18(30)26-17-15(21)3-2-4-16(17)22/h2-4,7-9,11,13,29H,5-6,10H2,1H3,(H,26,30)(H,23,25,27). The first-order valence-corrected chi connectivity index (χ1v) is 10.4. The number of anilines is 3. The van der Waals surface area contributed by atoms with Crippen LogP contribution in [0.4, 0.5) is 17.3 Å². The largest absolute Gasteiger partial charge is 0.474 e. The fourth-order valence-electron chi connectivity index (χ4n) is 2.67. The van der Waals surface area contributed by atoms with Crippen molar-refractivity contribution in [3.8, 4) is 5.88 Å². The van der Waals surface area contributed by atoms with Gasteiger partial charge in [0.25, 0.3) is 5.91 Å². The number of carbonyl (C=O) groups excluding carboxylic acids is 1. The van der Waals surface area contributed by atoms with Crippen molar-refractivity contribution in [3.05, 3.63) is 52.4 Å². The molecular formula is C20H20Cl2N6O3. The highest BCUT2D eigenvalue weighted by Gasteiger charge is 2.28. The third-order valence-electron chi connectivity index (χ3n) is 4.58. The summed E-state index contributed by atoms with van der Waals surface area (Å²) in [5.41, 5.74) is 1.11. The van der Waals surface area contributed by atoms with Crippen LogP contribution in [0.2, 0.25) is 10.0 Å². The van der Waals surface area contributed by atoms with Crippen LogP contribution in [0.3, 0.4) is 0 Å². The summed E-state index contributed by atoms with van der Waals surface area (Å²) < 4.78 is 7.47. The van der Waals surface area contributed by atoms with E-state index >= 15 is 0 Å². The highest BCUT2D eigenvalue weighted by Crippen LogP contribution is 2.32. The molecule has 1 amide bonds. The molecule has 3 aromatic rings. The van der Waals surface area contributed by atoms with Crippen molar-refractivity contribution in [2.45, 2.75) is 31.9 Å². The molecule has 0 aliphatic heterocycles. The second kappa shape index (κ2) is 9.09. The first kappa shape index (κ1) is 21.4. The molecule has 1 fully saturated rings. The van der Waals surface area contributed by atoms with E-state index in [1.54, 1.807) is 35.3 Å². The number of benzene rings is 1. The third kappa shape index (κ3) is 5.07. The number of halogens is 2. The molecule has 1 aromatic carbocycles. The normalized spacial score (nSPS) is 14.2. The van der Waals surface area contributed by atoms with Crippen LogP contribution in [0.5, 0.6) is 5.88 Å². The van der Waals surface area contributed by atoms with Gasteiger partial charge >= 0.3 is 0 Å². The maximum Gasteiger partial charge on any atom is 0.262 e. The molecule has 0 spiro atoms. The van der Waals surface area contributed by atoms with Crippen molar-refractivity contribution in [2.24, 2.45) is 0 Å². The molecule has 31 heavy (non-hydrogen) atoms. The van der Waals surface area contributed by atoms with Gasteiger partial charge in [-0.25, -0.2) is 4.98 Å². The molecular weight excluding hydrogens is 443 g/mol. The number of ether oxygens (including phenoxy) is 1. The number of aliphatic hydroxyl groups is 1. The number of aromatic nitrogens is 4. The zero-order valence-electron chi connectivity index (χ0n) is 16.5. The van der Waals surface area contributed by atoms with Crippen LogP contribution in [0.15, 0.2) is 36.8 Å². The highest BCUT2D eigenvalue weighted by molar-refractivity contribution is 6.40. The van der Waals surface area contributed by atoms with Crippen LogP contribution in [-0.4, -0.2) is 43.5 Å². The Morgan fingerprint density at radius 1 is 1.32 bits per heavy atom. The fourth-order valence-corrected chi connectivity index (χ4v) is 3.16. The van der Waals surface area contributed by atoms with E-state index in [-0.39, 0.29) is 36.1 Å². The Kier molecular flexibility index (Phi) is 6.26. The van der Waals surface area contributed by atoms with Crippen LogP contribution < -0.4 is 15.4 Å². The number of hydrogen-bond acceptors (Lipinski definition) is 7. The predicted molar refractivity (Wildman–Crippen MR) is 117 cm³/mol. The van der Waals surface area contributed by atoms with Gasteiger partial charge in [-0.1, -0.05) is 29.3 Å². The Morgan fingerprint density at radius 2 is 2.06 bits per heavy atom. The van der Waals surface area contributed by atoms with Gasteiger partial charge in [-0.05, 0) is 31.9 Å². The molecule has 1 aliphatic carbocycles. The lowest BCUT2D eigenvalue weighted by molar-refractivity contribution is 0.102. The van der Waals surface area contributed by atoms with Crippen molar-refractivity contribution in [1.82, 2.24) is 19.7 Å². The maximum absolute atomic E-state index is 12.9. The molecule has 1 unspecified atom stereocenters. The first-order chi connectivity index (χ1) is 14.9. The van der Waals surface area contributed by atoms with Crippen LogP contribution in [0, 0.1) is 0 Å². The lowest BCUT2D eigenvalue weighted by atomic mass is 10.2. The minimum absolute atomic E-state index is 0.0198. The monoisotopic (exact) mass is 462 g/mol. The summed E-state index contributed by atoms with van der Waals surface area (Å²) in [6.45, 7) is 1.81. The summed E-state index contributed by atoms with van der Waals surface area (Å²) in [6, 6.07) is 4.79. The van der Waals surface area contributed by atoms with Gasteiger partial charge in [0.2, 0.25) is 11.8 Å². The van der Waals surface area contributed by atoms with Crippen molar-refractivity contribution < 1.29 is 14.6 Å². The second-order valence-electron chi connectivity index (χ2n) is 7.15. The van der Waals surface area contributed by atoms with E-state index in [2.05, 4.69) is 25.7 Å². The van der Waals surface area contributed by atoms with E-state index in [0.29, 0.717) is 21.4 Å². The molecule has 0 saturated heterocycles. The summed E-state index contributed by atoms with van der Waals surface area (Å²) in [4.78, 5) is 21.5. The Morgan fingerprint density at radius 3 is 2.74 bits per heavy atom. The summed E-state index contributed by atoms with van der Waals surface area (Å²) in [5, 5.41) is 19.8. The number of aliphatic hydroxyl groups excluding tert-OH is 1. The number of hydrogen-bond donors (Lipinski definition) is 3. The number of carbonyl (C=O) groups is 1. The van der Waals surface area contributed by atoms with Crippen molar-refractivity contribution in [1.29, 1.82) is 0 Å². The summed E-state index contributed by atoms with van der Waals surface area (Å²) >= 11 is 12.3.